The number of rotatable bonds is 1. The lowest BCUT2D eigenvalue weighted by Crippen LogP contribution is -2.11. The van der Waals surface area contributed by atoms with E-state index >= 15 is 0 Å². The fourth-order valence-electron chi connectivity index (χ4n) is 1.97. The molecule has 0 radical (unpaired) electrons. The summed E-state index contributed by atoms with van der Waals surface area (Å²) in [6.07, 6.45) is 5.20. The van der Waals surface area contributed by atoms with E-state index in [2.05, 4.69) is 41.9 Å². The maximum absolute atomic E-state index is 5.45. The molecule has 2 aliphatic rings. The average Bonchev–Trinajstić information content (AvgIpc) is 2.69. The first-order valence-corrected chi connectivity index (χ1v) is 5.69. The molecule has 0 saturated heterocycles. The Labute approximate surface area is 99.8 Å². The number of hydrogen-bond donors (Lipinski definition) is 1. The average molecular weight is 229 g/mol. The van der Waals surface area contributed by atoms with Crippen molar-refractivity contribution in [3.63, 3.8) is 0 Å². The normalized spacial score (nSPS) is 22.8. The minimum absolute atomic E-state index is 0.0694. The lowest BCUT2D eigenvalue weighted by atomic mass is 9.96. The Bertz CT molecular complexity index is 502. The van der Waals surface area contributed by atoms with Gasteiger partial charge in [-0.15, -0.1) is 0 Å². The first-order valence-electron chi connectivity index (χ1n) is 5.24. The van der Waals surface area contributed by atoms with Gasteiger partial charge in [0.15, 0.2) is 0 Å². The van der Waals surface area contributed by atoms with Gasteiger partial charge in [0.25, 0.3) is 0 Å². The van der Waals surface area contributed by atoms with E-state index in [0.717, 1.165) is 12.1 Å². The summed E-state index contributed by atoms with van der Waals surface area (Å²) in [6.45, 7) is 0. The smallest absolute Gasteiger partial charge is 0.248 e. The molecule has 0 N–H and O–H groups in total. The SMILES string of the molecule is SC1=NC2=CC(c3ccccc3)=CCC2O1. The Morgan fingerprint density at radius 1 is 1.25 bits per heavy atom. The first-order chi connectivity index (χ1) is 7.83. The van der Waals surface area contributed by atoms with E-state index in [4.69, 9.17) is 4.74 Å². The van der Waals surface area contributed by atoms with Gasteiger partial charge in [-0.3, -0.25) is 0 Å². The number of fused-ring (bicyclic) bond motifs is 1. The first kappa shape index (κ1) is 9.73. The summed E-state index contributed by atoms with van der Waals surface area (Å²) in [5.41, 5.74) is 3.41. The van der Waals surface area contributed by atoms with Crippen LogP contribution in [0.25, 0.3) is 5.57 Å². The third-order valence-corrected chi connectivity index (χ3v) is 2.97. The van der Waals surface area contributed by atoms with E-state index in [-0.39, 0.29) is 6.10 Å². The van der Waals surface area contributed by atoms with Crippen LogP contribution in [0.15, 0.2) is 53.2 Å². The summed E-state index contributed by atoms with van der Waals surface area (Å²) in [7, 11) is 0. The van der Waals surface area contributed by atoms with E-state index in [9.17, 15) is 0 Å². The van der Waals surface area contributed by atoms with Crippen LogP contribution in [0, 0.1) is 0 Å². The number of aliphatic imine (C=N–C) groups is 1. The van der Waals surface area contributed by atoms with Crippen LogP contribution < -0.4 is 0 Å². The third kappa shape index (κ3) is 1.67. The molecule has 2 nitrogen and oxygen atoms in total. The summed E-state index contributed by atoms with van der Waals surface area (Å²) >= 11 is 4.13. The molecule has 80 valence electrons. The lowest BCUT2D eigenvalue weighted by molar-refractivity contribution is 0.254. The second-order valence-corrected chi connectivity index (χ2v) is 4.21. The minimum Gasteiger partial charge on any atom is -0.463 e. The molecule has 1 unspecified atom stereocenters. The number of ether oxygens (including phenoxy) is 1. The van der Waals surface area contributed by atoms with E-state index in [1.165, 1.54) is 11.1 Å². The standard InChI is InChI=1S/C13H11NOS/c16-13-14-11-8-10(6-7-12(11)15-13)9-4-2-1-3-5-9/h1-6,8,12H,7H2,(H,14,16). The van der Waals surface area contributed by atoms with Crippen molar-refractivity contribution < 1.29 is 4.74 Å². The fraction of sp³-hybridized carbons (Fsp3) is 0.154. The van der Waals surface area contributed by atoms with Gasteiger partial charge >= 0.3 is 0 Å². The van der Waals surface area contributed by atoms with Gasteiger partial charge in [-0.05, 0) is 17.2 Å². The van der Waals surface area contributed by atoms with Gasteiger partial charge < -0.3 is 4.74 Å². The van der Waals surface area contributed by atoms with Gasteiger partial charge in [0.05, 0.1) is 5.70 Å². The molecule has 16 heavy (non-hydrogen) atoms. The molecule has 1 aliphatic heterocycles. The highest BCUT2D eigenvalue weighted by molar-refractivity contribution is 7.96. The molecule has 3 heteroatoms. The van der Waals surface area contributed by atoms with Crippen LogP contribution in [0.5, 0.6) is 0 Å². The van der Waals surface area contributed by atoms with E-state index < -0.39 is 0 Å². The number of benzene rings is 1. The van der Waals surface area contributed by atoms with Crippen molar-refractivity contribution in [3.05, 3.63) is 53.7 Å². The third-order valence-electron chi connectivity index (χ3n) is 2.76. The number of thiol groups is 1. The largest absolute Gasteiger partial charge is 0.463 e. The number of hydrogen-bond acceptors (Lipinski definition) is 2. The molecule has 0 spiro atoms. The molecular weight excluding hydrogens is 218 g/mol. The Morgan fingerprint density at radius 2 is 2.06 bits per heavy atom. The van der Waals surface area contributed by atoms with Crippen molar-refractivity contribution in [1.82, 2.24) is 0 Å². The highest BCUT2D eigenvalue weighted by Gasteiger charge is 2.25. The quantitative estimate of drug-likeness (QED) is 0.734. The maximum Gasteiger partial charge on any atom is 0.248 e. The second-order valence-electron chi connectivity index (χ2n) is 3.83. The highest BCUT2D eigenvalue weighted by Crippen LogP contribution is 2.31. The van der Waals surface area contributed by atoms with Crippen molar-refractivity contribution in [3.8, 4) is 0 Å². The predicted octanol–water partition coefficient (Wildman–Crippen LogP) is 3.04. The fourth-order valence-corrected chi connectivity index (χ4v) is 2.22. The molecular formula is C13H11NOS. The number of allylic oxidation sites excluding steroid dienone is 2. The zero-order valence-corrected chi connectivity index (χ0v) is 9.52. The lowest BCUT2D eigenvalue weighted by Gasteiger charge is -2.15. The maximum atomic E-state index is 5.45. The van der Waals surface area contributed by atoms with E-state index in [1.807, 2.05) is 18.2 Å². The second kappa shape index (κ2) is 3.83. The minimum atomic E-state index is 0.0694. The monoisotopic (exact) mass is 229 g/mol. The summed E-state index contributed by atoms with van der Waals surface area (Å²) in [6, 6.07) is 10.3. The zero-order valence-electron chi connectivity index (χ0n) is 8.63. The van der Waals surface area contributed by atoms with Crippen LogP contribution in [-0.2, 0) is 4.74 Å². The molecule has 3 rings (SSSR count). The van der Waals surface area contributed by atoms with Crippen LogP contribution in [0.3, 0.4) is 0 Å². The van der Waals surface area contributed by atoms with Crippen LogP contribution in [0.1, 0.15) is 12.0 Å². The molecule has 0 saturated carbocycles. The topological polar surface area (TPSA) is 21.6 Å². The summed E-state index contributed by atoms with van der Waals surface area (Å²) in [5.74, 6) is 0. The summed E-state index contributed by atoms with van der Waals surface area (Å²) < 4.78 is 5.45. The molecule has 0 amide bonds. The zero-order chi connectivity index (χ0) is 11.0. The molecule has 0 aromatic heterocycles. The van der Waals surface area contributed by atoms with Crippen molar-refractivity contribution in [2.75, 3.05) is 0 Å². The summed E-state index contributed by atoms with van der Waals surface area (Å²) in [5, 5.41) is 0.471. The molecule has 1 aromatic rings. The van der Waals surface area contributed by atoms with Crippen molar-refractivity contribution in [2.45, 2.75) is 12.5 Å². The van der Waals surface area contributed by atoms with Gasteiger partial charge in [-0.25, -0.2) is 4.99 Å². The molecule has 1 heterocycles. The van der Waals surface area contributed by atoms with Crippen LogP contribution >= 0.6 is 12.6 Å². The van der Waals surface area contributed by atoms with Crippen molar-refractivity contribution >= 4 is 23.4 Å². The number of nitrogens with zero attached hydrogens (tertiary/aromatic N) is 1. The van der Waals surface area contributed by atoms with Gasteiger partial charge in [-0.2, -0.15) is 0 Å². The Hall–Kier alpha value is -1.48. The summed E-state index contributed by atoms with van der Waals surface area (Å²) in [4.78, 5) is 4.27. The van der Waals surface area contributed by atoms with Crippen molar-refractivity contribution in [2.24, 2.45) is 4.99 Å². The molecule has 0 bridgehead atoms. The molecule has 1 aliphatic carbocycles. The predicted molar refractivity (Wildman–Crippen MR) is 68.4 cm³/mol. The van der Waals surface area contributed by atoms with E-state index in [1.54, 1.807) is 0 Å². The van der Waals surface area contributed by atoms with Gasteiger partial charge in [0, 0.05) is 6.42 Å². The van der Waals surface area contributed by atoms with Crippen LogP contribution in [-0.4, -0.2) is 11.3 Å². The van der Waals surface area contributed by atoms with Crippen molar-refractivity contribution in [1.29, 1.82) is 0 Å². The van der Waals surface area contributed by atoms with Crippen LogP contribution in [0.4, 0.5) is 0 Å². The van der Waals surface area contributed by atoms with E-state index in [0.29, 0.717) is 5.23 Å². The van der Waals surface area contributed by atoms with Gasteiger partial charge in [0.1, 0.15) is 6.10 Å². The Kier molecular flexibility index (Phi) is 2.33. The molecule has 0 fully saturated rings. The van der Waals surface area contributed by atoms with Crippen LogP contribution in [0.2, 0.25) is 0 Å². The van der Waals surface area contributed by atoms with Gasteiger partial charge in [0.2, 0.25) is 5.23 Å². The molecule has 1 atom stereocenters. The Balaban J connectivity index is 1.95. The van der Waals surface area contributed by atoms with Gasteiger partial charge in [-0.1, -0.05) is 49.0 Å². The Morgan fingerprint density at radius 3 is 2.88 bits per heavy atom. The molecule has 1 aromatic carbocycles. The highest BCUT2D eigenvalue weighted by atomic mass is 32.1.